The maximum Gasteiger partial charge on any atom is 0.306 e. The van der Waals surface area contributed by atoms with E-state index in [4.69, 9.17) is 9.47 Å². The van der Waals surface area contributed by atoms with Gasteiger partial charge in [-0.25, -0.2) is 0 Å². The van der Waals surface area contributed by atoms with Crippen LogP contribution in [0.25, 0.3) is 0 Å². The maximum atomic E-state index is 14.9. The lowest BCUT2D eigenvalue weighted by Gasteiger charge is -2.39. The lowest BCUT2D eigenvalue weighted by Crippen LogP contribution is -2.59. The van der Waals surface area contributed by atoms with Gasteiger partial charge in [-0.2, -0.15) is 0 Å². The molecule has 0 saturated carbocycles. The van der Waals surface area contributed by atoms with Gasteiger partial charge < -0.3 is 29.7 Å². The summed E-state index contributed by atoms with van der Waals surface area (Å²) < 4.78 is 12.2. The molecule has 3 saturated heterocycles. The van der Waals surface area contributed by atoms with Crippen LogP contribution in [0.1, 0.15) is 61.8 Å². The Morgan fingerprint density at radius 1 is 1.12 bits per heavy atom. The fourth-order valence-corrected chi connectivity index (χ4v) is 7.92. The lowest BCUT2D eigenvalue weighted by molar-refractivity contribution is -0.146. The minimum absolute atomic E-state index is 0.0876. The second-order valence-corrected chi connectivity index (χ2v) is 13.0. The van der Waals surface area contributed by atoms with Crippen molar-refractivity contribution >= 4 is 29.4 Å². The second-order valence-electron chi connectivity index (χ2n) is 13.0. The molecule has 7 atom stereocenters. The van der Waals surface area contributed by atoms with Crippen LogP contribution in [-0.2, 0) is 28.7 Å². The Hall–Kier alpha value is -4.28. The van der Waals surface area contributed by atoms with E-state index in [9.17, 15) is 24.3 Å². The number of carbonyl (C=O) groups excluding carboxylic acids is 4. The molecule has 3 fully saturated rings. The number of carbonyl (C=O) groups is 4. The molecule has 2 N–H and O–H groups in total. The molecule has 0 aliphatic carbocycles. The number of aryl methyl sites for hydroxylation is 2. The van der Waals surface area contributed by atoms with Crippen LogP contribution in [0.4, 0.5) is 5.69 Å². The average Bonchev–Trinajstić information content (AvgIpc) is 3.73. The number of nitrogens with one attached hydrogen (secondary N) is 1. The molecule has 3 heterocycles. The van der Waals surface area contributed by atoms with Crippen LogP contribution in [-0.4, -0.2) is 77.2 Å². The quantitative estimate of drug-likeness (QED) is 0.216. The Bertz CT molecular complexity index is 1520. The predicted molar refractivity (Wildman–Crippen MR) is 182 cm³/mol. The monoisotopic (exact) mass is 657 g/mol. The number of benzene rings is 2. The fraction of sp³-hybridized carbons (Fsp3) is 0.474. The van der Waals surface area contributed by atoms with E-state index in [1.807, 2.05) is 69.3 Å². The molecule has 3 amide bonds. The molecule has 1 spiro atoms. The molecule has 2 bridgehead atoms. The highest BCUT2D eigenvalue weighted by Crippen LogP contribution is 2.59. The minimum atomic E-state index is -1.25. The van der Waals surface area contributed by atoms with Gasteiger partial charge in [0.15, 0.2) is 0 Å². The van der Waals surface area contributed by atoms with Crippen LogP contribution in [0.2, 0.25) is 0 Å². The van der Waals surface area contributed by atoms with Crippen LogP contribution in [0.3, 0.4) is 0 Å². The third-order valence-corrected chi connectivity index (χ3v) is 10.1. The molecule has 5 rings (SSSR count). The molecule has 0 aromatic heterocycles. The molecule has 3 aliphatic rings. The van der Waals surface area contributed by atoms with E-state index in [1.165, 1.54) is 4.90 Å². The summed E-state index contributed by atoms with van der Waals surface area (Å²) in [5.41, 5.74) is 2.03. The van der Waals surface area contributed by atoms with Gasteiger partial charge in [0.25, 0.3) is 5.91 Å². The lowest BCUT2D eigenvalue weighted by atomic mass is 9.70. The van der Waals surface area contributed by atoms with Crippen LogP contribution in [0.15, 0.2) is 73.8 Å². The van der Waals surface area contributed by atoms with Gasteiger partial charge in [0, 0.05) is 18.7 Å². The van der Waals surface area contributed by atoms with Gasteiger partial charge in [0.2, 0.25) is 11.8 Å². The van der Waals surface area contributed by atoms with Gasteiger partial charge in [-0.1, -0.05) is 67.6 Å². The maximum absolute atomic E-state index is 14.9. The van der Waals surface area contributed by atoms with Crippen molar-refractivity contribution in [2.24, 2.45) is 11.8 Å². The van der Waals surface area contributed by atoms with Crippen LogP contribution >= 0.6 is 0 Å². The molecule has 10 heteroatoms. The summed E-state index contributed by atoms with van der Waals surface area (Å²) in [6.07, 6.45) is 4.69. The van der Waals surface area contributed by atoms with Gasteiger partial charge in [0.1, 0.15) is 18.2 Å². The Morgan fingerprint density at radius 2 is 1.83 bits per heavy atom. The summed E-state index contributed by atoms with van der Waals surface area (Å²) in [5, 5.41) is 13.5. The number of ether oxygens (including phenoxy) is 2. The zero-order valence-corrected chi connectivity index (χ0v) is 28.1. The van der Waals surface area contributed by atoms with Gasteiger partial charge in [0.05, 0.1) is 36.6 Å². The first kappa shape index (κ1) is 35.0. The number of allylic oxidation sites excluding steroid dienone is 1. The minimum Gasteiger partial charge on any atom is -0.463 e. The molecule has 0 radical (unpaired) electrons. The fourth-order valence-electron chi connectivity index (χ4n) is 7.92. The number of fused-ring (bicyclic) bond motifs is 1. The molecule has 2 aromatic rings. The summed E-state index contributed by atoms with van der Waals surface area (Å²) in [6, 6.07) is 12.6. The van der Waals surface area contributed by atoms with Crippen molar-refractivity contribution in [3.63, 3.8) is 0 Å². The number of anilines is 1. The summed E-state index contributed by atoms with van der Waals surface area (Å²) in [6.45, 7) is 13.1. The van der Waals surface area contributed by atoms with E-state index >= 15 is 0 Å². The van der Waals surface area contributed by atoms with Crippen LogP contribution in [0, 0.1) is 25.7 Å². The number of hydrogen-bond donors (Lipinski definition) is 2. The highest BCUT2D eigenvalue weighted by molar-refractivity contribution is 6.05. The highest BCUT2D eigenvalue weighted by atomic mass is 16.5. The van der Waals surface area contributed by atoms with Gasteiger partial charge in [-0.3, -0.25) is 19.2 Å². The third-order valence-electron chi connectivity index (χ3n) is 10.1. The largest absolute Gasteiger partial charge is 0.463 e. The van der Waals surface area contributed by atoms with Crippen molar-refractivity contribution < 1.29 is 33.8 Å². The summed E-state index contributed by atoms with van der Waals surface area (Å²) in [4.78, 5) is 59.3. The van der Waals surface area contributed by atoms with Gasteiger partial charge >= 0.3 is 5.97 Å². The van der Waals surface area contributed by atoms with Crippen LogP contribution in [0.5, 0.6) is 0 Å². The van der Waals surface area contributed by atoms with Crippen molar-refractivity contribution in [3.8, 4) is 0 Å². The summed E-state index contributed by atoms with van der Waals surface area (Å²) >= 11 is 0. The smallest absolute Gasteiger partial charge is 0.306 e. The molecule has 3 aliphatic heterocycles. The molecule has 256 valence electrons. The molecule has 10 nitrogen and oxygen atoms in total. The number of aliphatic hydroxyl groups is 1. The molecule has 48 heavy (non-hydrogen) atoms. The number of nitrogens with zero attached hydrogens (tertiary/aromatic N) is 2. The van der Waals surface area contributed by atoms with Crippen molar-refractivity contribution in [2.45, 2.75) is 82.7 Å². The van der Waals surface area contributed by atoms with E-state index in [1.54, 1.807) is 17.1 Å². The molecule has 0 unspecified atom stereocenters. The molecule has 2 aromatic carbocycles. The normalized spacial score (nSPS) is 25.2. The first-order valence-corrected chi connectivity index (χ1v) is 16.8. The van der Waals surface area contributed by atoms with Crippen molar-refractivity contribution in [1.29, 1.82) is 0 Å². The average molecular weight is 658 g/mol. The second kappa shape index (κ2) is 14.9. The summed E-state index contributed by atoms with van der Waals surface area (Å²) in [5.74, 6) is -3.31. The first-order valence-electron chi connectivity index (χ1n) is 16.8. The number of rotatable bonds is 15. The Labute approximate surface area is 282 Å². The number of aliphatic hydroxyl groups excluding tert-OH is 1. The van der Waals surface area contributed by atoms with E-state index in [0.717, 1.165) is 22.4 Å². The molecular formula is C38H47N3O7. The van der Waals surface area contributed by atoms with Gasteiger partial charge in [-0.05, 0) is 56.2 Å². The summed E-state index contributed by atoms with van der Waals surface area (Å²) in [7, 11) is 0. The van der Waals surface area contributed by atoms with Gasteiger partial charge in [-0.15, -0.1) is 13.2 Å². The Balaban J connectivity index is 1.50. The van der Waals surface area contributed by atoms with Crippen molar-refractivity contribution in [2.75, 3.05) is 24.7 Å². The Morgan fingerprint density at radius 3 is 2.46 bits per heavy atom. The number of hydrogen-bond acceptors (Lipinski definition) is 7. The van der Waals surface area contributed by atoms with Crippen molar-refractivity contribution in [3.05, 3.63) is 90.5 Å². The molecular weight excluding hydrogens is 610 g/mol. The topological polar surface area (TPSA) is 125 Å². The van der Waals surface area contributed by atoms with E-state index < -0.39 is 53.5 Å². The predicted octanol–water partition coefficient (Wildman–Crippen LogP) is 4.33. The number of esters is 1. The van der Waals surface area contributed by atoms with E-state index in [-0.39, 0.29) is 38.0 Å². The standard InChI is InChI=1S/C38H47N3O7/c1-6-9-18-30(43)47-23-28(26-16-11-10-12-17-26)39-35(44)31-29-19-20-38(48-29)32(31)36(45)41(27(8-3)22-42)34(38)37(46)40(21-7-2)33-24(4)14-13-15-25(33)5/h6-7,10-17,27-29,31-32,34,42H,1-2,8-9,18-23H2,3-5H3,(H,39,44)/t27-,28-,29-,31+,32+,34-,38+/m0/s1. The van der Waals surface area contributed by atoms with Crippen LogP contribution < -0.4 is 10.2 Å². The Kier molecular flexibility index (Phi) is 10.9. The SMILES string of the molecule is C=CCCC(=O)OC[C@H](NC(=O)[C@@H]1[C@@H]2CC[C@]3(O2)[C@H](C(=O)N(CC=C)c2c(C)cccc2C)N([C@@H](CC)CO)C(=O)[C@@H]13)c1ccccc1. The van der Waals surface area contributed by atoms with E-state index in [2.05, 4.69) is 18.5 Å². The zero-order valence-electron chi connectivity index (χ0n) is 28.1. The number of likely N-dealkylation sites (tertiary alicyclic amines) is 1. The number of para-hydroxylation sites is 1. The van der Waals surface area contributed by atoms with Crippen molar-refractivity contribution in [1.82, 2.24) is 10.2 Å². The third kappa shape index (κ3) is 6.31. The number of amides is 3. The highest BCUT2D eigenvalue weighted by Gasteiger charge is 2.75. The zero-order chi connectivity index (χ0) is 34.6. The first-order chi connectivity index (χ1) is 23.1. The van der Waals surface area contributed by atoms with E-state index in [0.29, 0.717) is 25.7 Å².